The molecule has 2 nitrogen and oxygen atoms in total. The minimum atomic E-state index is -0.306. The lowest BCUT2D eigenvalue weighted by atomic mass is 9.99. The molecule has 2 aromatic carbocycles. The average molecular weight is 406 g/mol. The molecular weight excluding hydrogens is 381 g/mol. The van der Waals surface area contributed by atoms with E-state index in [1.165, 1.54) is 18.9 Å². The predicted octanol–water partition coefficient (Wildman–Crippen LogP) is 5.81. The highest BCUT2D eigenvalue weighted by atomic mass is 79.9. The Hall–Kier alpha value is -1.65. The van der Waals surface area contributed by atoms with Gasteiger partial charge in [0.05, 0.1) is 6.61 Å². The molecule has 0 saturated heterocycles. The van der Waals surface area contributed by atoms with E-state index >= 15 is 0 Å². The third-order valence-corrected chi connectivity index (χ3v) is 4.58. The fraction of sp³-hybridized carbons (Fsp3) is 0.333. The average Bonchev–Trinajstić information content (AvgIpc) is 2.61. The van der Waals surface area contributed by atoms with Crippen molar-refractivity contribution in [2.45, 2.75) is 25.7 Å². The molecule has 0 amide bonds. The molecule has 0 aliphatic heterocycles. The maximum Gasteiger partial charge on any atom is 0.134 e. The largest absolute Gasteiger partial charge is 0.493 e. The topological polar surface area (TPSA) is 21.3 Å². The molecule has 2 aromatic rings. The molecule has 0 unspecified atom stereocenters. The summed E-state index contributed by atoms with van der Waals surface area (Å²) in [5.41, 5.74) is 2.07. The van der Waals surface area contributed by atoms with Crippen molar-refractivity contribution < 1.29 is 9.13 Å². The van der Waals surface area contributed by atoms with Crippen molar-refractivity contribution >= 4 is 21.5 Å². The lowest BCUT2D eigenvalue weighted by molar-refractivity contribution is 0.303. The molecule has 25 heavy (non-hydrogen) atoms. The first kappa shape index (κ1) is 19.7. The highest BCUT2D eigenvalue weighted by molar-refractivity contribution is 9.10. The predicted molar refractivity (Wildman–Crippen MR) is 107 cm³/mol. The maximum atomic E-state index is 14.4. The van der Waals surface area contributed by atoms with Crippen LogP contribution in [0.1, 0.15) is 36.8 Å². The lowest BCUT2D eigenvalue weighted by Crippen LogP contribution is -2.07. The van der Waals surface area contributed by atoms with Gasteiger partial charge in [-0.3, -0.25) is 0 Å². The minimum Gasteiger partial charge on any atom is -0.493 e. The Balaban J connectivity index is 1.87. The molecule has 0 atom stereocenters. The van der Waals surface area contributed by atoms with Crippen LogP contribution < -0.4 is 10.1 Å². The number of nitrogens with one attached hydrogen (secondary N) is 1. The van der Waals surface area contributed by atoms with Crippen LogP contribution >= 0.6 is 15.9 Å². The smallest absolute Gasteiger partial charge is 0.134 e. The molecule has 1 N–H and O–H groups in total. The van der Waals surface area contributed by atoms with Gasteiger partial charge in [0, 0.05) is 16.1 Å². The summed E-state index contributed by atoms with van der Waals surface area (Å²) in [6.45, 7) is 5.69. The Labute approximate surface area is 158 Å². The molecule has 0 aromatic heterocycles. The Bertz CT molecular complexity index is 685. The number of hydrogen-bond acceptors (Lipinski definition) is 2. The Kier molecular flexibility index (Phi) is 8.16. The van der Waals surface area contributed by atoms with E-state index in [-0.39, 0.29) is 5.82 Å². The van der Waals surface area contributed by atoms with Crippen molar-refractivity contribution in [2.24, 2.45) is 0 Å². The van der Waals surface area contributed by atoms with Gasteiger partial charge in [0.15, 0.2) is 0 Å². The van der Waals surface area contributed by atoms with E-state index in [1.54, 1.807) is 6.07 Å². The van der Waals surface area contributed by atoms with Gasteiger partial charge in [0.1, 0.15) is 11.6 Å². The fourth-order valence-corrected chi connectivity index (χ4v) is 2.85. The highest BCUT2D eigenvalue weighted by Gasteiger charge is 2.09. The summed E-state index contributed by atoms with van der Waals surface area (Å²) < 4.78 is 21.1. The van der Waals surface area contributed by atoms with Gasteiger partial charge in [-0.25, -0.2) is 4.39 Å². The molecule has 0 fully saturated rings. The zero-order valence-electron chi connectivity index (χ0n) is 14.7. The molecule has 0 aliphatic rings. The van der Waals surface area contributed by atoms with E-state index < -0.39 is 0 Å². The van der Waals surface area contributed by atoms with E-state index in [4.69, 9.17) is 4.74 Å². The maximum absolute atomic E-state index is 14.4. The molecule has 0 bridgehead atoms. The zero-order valence-corrected chi connectivity index (χ0v) is 16.2. The van der Waals surface area contributed by atoms with E-state index in [0.717, 1.165) is 29.4 Å². The molecule has 134 valence electrons. The van der Waals surface area contributed by atoms with Crippen LogP contribution in [0, 0.1) is 5.82 Å². The summed E-state index contributed by atoms with van der Waals surface area (Å²) in [5, 5.41) is 3.14. The van der Waals surface area contributed by atoms with Crippen molar-refractivity contribution in [3.05, 3.63) is 70.5 Å². The minimum absolute atomic E-state index is 0.306. The van der Waals surface area contributed by atoms with Gasteiger partial charge >= 0.3 is 0 Å². The molecule has 0 aliphatic carbocycles. The van der Waals surface area contributed by atoms with Gasteiger partial charge in [-0.05, 0) is 61.8 Å². The first-order chi connectivity index (χ1) is 12.1. The van der Waals surface area contributed by atoms with Crippen LogP contribution in [0.15, 0.2) is 53.5 Å². The van der Waals surface area contributed by atoms with Crippen LogP contribution in [0.5, 0.6) is 5.75 Å². The number of hydrogen-bond donors (Lipinski definition) is 1. The van der Waals surface area contributed by atoms with Gasteiger partial charge in [-0.2, -0.15) is 0 Å². The van der Waals surface area contributed by atoms with Crippen molar-refractivity contribution in [3.63, 3.8) is 0 Å². The van der Waals surface area contributed by atoms with E-state index in [9.17, 15) is 4.39 Å². The van der Waals surface area contributed by atoms with E-state index in [0.29, 0.717) is 23.5 Å². The second kappa shape index (κ2) is 10.4. The van der Waals surface area contributed by atoms with Crippen LogP contribution in [0.4, 0.5) is 4.39 Å². The summed E-state index contributed by atoms with van der Waals surface area (Å²) in [4.78, 5) is 0. The molecule has 0 spiro atoms. The summed E-state index contributed by atoms with van der Waals surface area (Å²) >= 11 is 3.40. The monoisotopic (exact) mass is 405 g/mol. The summed E-state index contributed by atoms with van der Waals surface area (Å²) in [5.74, 6) is 0.263. The van der Waals surface area contributed by atoms with Crippen LogP contribution in [0.25, 0.3) is 5.57 Å². The number of rotatable bonds is 10. The number of ether oxygens (including phenoxy) is 1. The number of benzene rings is 2. The van der Waals surface area contributed by atoms with Gasteiger partial charge in [-0.15, -0.1) is 0 Å². The summed E-state index contributed by atoms with van der Waals surface area (Å²) in [6, 6.07) is 12.7. The van der Waals surface area contributed by atoms with Gasteiger partial charge in [-0.1, -0.05) is 47.5 Å². The molecule has 4 heteroatoms. The van der Waals surface area contributed by atoms with Crippen molar-refractivity contribution in [2.75, 3.05) is 20.2 Å². The Morgan fingerprint density at radius 1 is 1.08 bits per heavy atom. The molecular formula is C21H25BrFNO. The van der Waals surface area contributed by atoms with E-state index in [2.05, 4.69) is 27.8 Å². The van der Waals surface area contributed by atoms with Crippen LogP contribution in [0.2, 0.25) is 0 Å². The van der Waals surface area contributed by atoms with Gasteiger partial charge in [0.25, 0.3) is 0 Å². The number of unbranched alkanes of at least 4 members (excludes halogenated alkanes) is 3. The second-order valence-corrected chi connectivity index (χ2v) is 6.91. The zero-order chi connectivity index (χ0) is 18.1. The van der Waals surface area contributed by atoms with Crippen LogP contribution in [-0.4, -0.2) is 20.2 Å². The van der Waals surface area contributed by atoms with Crippen LogP contribution in [-0.2, 0) is 0 Å². The number of halogens is 2. The van der Waals surface area contributed by atoms with E-state index in [1.807, 2.05) is 37.4 Å². The second-order valence-electron chi connectivity index (χ2n) is 5.99. The molecule has 0 saturated carbocycles. The third kappa shape index (κ3) is 6.29. The first-order valence-corrected chi connectivity index (χ1v) is 9.43. The molecule has 0 heterocycles. The Morgan fingerprint density at radius 2 is 1.80 bits per heavy atom. The quantitative estimate of drug-likeness (QED) is 0.503. The van der Waals surface area contributed by atoms with Gasteiger partial charge in [0.2, 0.25) is 0 Å². The normalized spacial score (nSPS) is 10.7. The van der Waals surface area contributed by atoms with Crippen molar-refractivity contribution in [1.82, 2.24) is 5.32 Å². The molecule has 0 radical (unpaired) electrons. The Morgan fingerprint density at radius 3 is 2.48 bits per heavy atom. The molecule has 2 rings (SSSR count). The van der Waals surface area contributed by atoms with Crippen molar-refractivity contribution in [1.29, 1.82) is 0 Å². The summed E-state index contributed by atoms with van der Waals surface area (Å²) in [7, 11) is 1.96. The highest BCUT2D eigenvalue weighted by Crippen LogP contribution is 2.27. The standard InChI is InChI=1S/C21H25BrFNO/c1-16(17-7-9-18(22)10-8-17)20-12-11-19(15-21(20)23)25-14-6-4-3-5-13-24-2/h7-12,15,24H,1,3-6,13-14H2,2H3. The SMILES string of the molecule is C=C(c1ccc(Br)cc1)c1ccc(OCCCCCCNC)cc1F. The van der Waals surface area contributed by atoms with Crippen LogP contribution in [0.3, 0.4) is 0 Å². The first-order valence-electron chi connectivity index (χ1n) is 8.64. The third-order valence-electron chi connectivity index (χ3n) is 4.05. The van der Waals surface area contributed by atoms with Crippen molar-refractivity contribution in [3.8, 4) is 5.75 Å². The van der Waals surface area contributed by atoms with Gasteiger partial charge < -0.3 is 10.1 Å². The fourth-order valence-electron chi connectivity index (χ4n) is 2.58. The summed E-state index contributed by atoms with van der Waals surface area (Å²) in [6.07, 6.45) is 4.48. The lowest BCUT2D eigenvalue weighted by Gasteiger charge is -2.11.